The summed E-state index contributed by atoms with van der Waals surface area (Å²) in [7, 11) is 0. The molecule has 2 rings (SSSR count). The minimum absolute atomic E-state index is 0.461. The van der Waals surface area contributed by atoms with Crippen LogP contribution >= 0.6 is 11.3 Å². The van der Waals surface area contributed by atoms with Gasteiger partial charge in [0.05, 0.1) is 5.69 Å². The zero-order chi connectivity index (χ0) is 13.0. The third kappa shape index (κ3) is 3.82. The summed E-state index contributed by atoms with van der Waals surface area (Å²) in [6.45, 7) is 7.46. The van der Waals surface area contributed by atoms with Gasteiger partial charge in [0.1, 0.15) is 11.6 Å². The second-order valence-electron chi connectivity index (χ2n) is 4.45. The van der Waals surface area contributed by atoms with Crippen molar-refractivity contribution in [3.8, 4) is 5.88 Å². The van der Waals surface area contributed by atoms with Crippen molar-refractivity contribution in [2.75, 3.05) is 0 Å². The van der Waals surface area contributed by atoms with Crippen molar-refractivity contribution in [2.45, 2.75) is 40.0 Å². The first-order chi connectivity index (χ1) is 8.63. The van der Waals surface area contributed by atoms with Crippen LogP contribution in [0.3, 0.4) is 0 Å². The van der Waals surface area contributed by atoms with Gasteiger partial charge in [-0.3, -0.25) is 5.10 Å². The van der Waals surface area contributed by atoms with Gasteiger partial charge in [0.25, 0.3) is 0 Å². The number of nitrogens with zero attached hydrogens (tertiary/aromatic N) is 2. The number of hydrogen-bond acceptors (Lipinski definition) is 5. The average molecular weight is 266 g/mol. The number of hydrogen-bond donors (Lipinski definition) is 2. The Morgan fingerprint density at radius 1 is 1.50 bits per heavy atom. The fourth-order valence-corrected chi connectivity index (χ4v) is 2.13. The maximum atomic E-state index is 5.53. The highest BCUT2D eigenvalue weighted by atomic mass is 32.1. The molecule has 0 saturated carbocycles. The van der Waals surface area contributed by atoms with Crippen molar-refractivity contribution < 1.29 is 4.74 Å². The van der Waals surface area contributed by atoms with Crippen molar-refractivity contribution in [3.05, 3.63) is 27.8 Å². The number of nitrogens with one attached hydrogen (secondary N) is 2. The van der Waals surface area contributed by atoms with E-state index in [9.17, 15) is 0 Å². The highest BCUT2D eigenvalue weighted by Crippen LogP contribution is 2.13. The molecule has 6 heteroatoms. The number of thiazole rings is 1. The summed E-state index contributed by atoms with van der Waals surface area (Å²) in [5.74, 6) is 0.613. The Morgan fingerprint density at radius 2 is 2.33 bits per heavy atom. The van der Waals surface area contributed by atoms with Crippen LogP contribution in [0.25, 0.3) is 0 Å². The van der Waals surface area contributed by atoms with E-state index in [1.165, 1.54) is 0 Å². The molecular formula is C12H18N4OS. The standard InChI is InChI=1S/C12H18N4OS/c1-8(2)13-5-12-14-10(7-18-12)6-17-11-4-9(3)15-16-11/h4,7-8,13H,5-6H2,1-3H3,(H,15,16). The summed E-state index contributed by atoms with van der Waals surface area (Å²) >= 11 is 1.65. The maximum Gasteiger partial charge on any atom is 0.233 e. The first-order valence-electron chi connectivity index (χ1n) is 5.95. The molecule has 0 aromatic carbocycles. The van der Waals surface area contributed by atoms with Gasteiger partial charge >= 0.3 is 0 Å². The molecule has 18 heavy (non-hydrogen) atoms. The predicted molar refractivity (Wildman–Crippen MR) is 71.7 cm³/mol. The van der Waals surface area contributed by atoms with Crippen molar-refractivity contribution in [3.63, 3.8) is 0 Å². The summed E-state index contributed by atoms with van der Waals surface area (Å²) in [4.78, 5) is 4.50. The molecule has 0 aliphatic rings. The van der Waals surface area contributed by atoms with E-state index in [2.05, 4.69) is 34.3 Å². The highest BCUT2D eigenvalue weighted by Gasteiger charge is 2.05. The van der Waals surface area contributed by atoms with E-state index in [1.807, 2.05) is 18.4 Å². The third-order valence-corrected chi connectivity index (χ3v) is 3.21. The van der Waals surface area contributed by atoms with Gasteiger partial charge in [-0.2, -0.15) is 0 Å². The van der Waals surface area contributed by atoms with E-state index in [0.717, 1.165) is 22.9 Å². The second-order valence-corrected chi connectivity index (χ2v) is 5.39. The molecule has 2 N–H and O–H groups in total. The van der Waals surface area contributed by atoms with E-state index in [4.69, 9.17) is 4.74 Å². The molecule has 0 spiro atoms. The van der Waals surface area contributed by atoms with Gasteiger partial charge in [-0.15, -0.1) is 16.4 Å². The van der Waals surface area contributed by atoms with Crippen LogP contribution in [0.2, 0.25) is 0 Å². The summed E-state index contributed by atoms with van der Waals surface area (Å²) in [5.41, 5.74) is 1.94. The molecule has 0 unspecified atom stereocenters. The van der Waals surface area contributed by atoms with E-state index in [0.29, 0.717) is 18.5 Å². The van der Waals surface area contributed by atoms with Crippen molar-refractivity contribution in [2.24, 2.45) is 0 Å². The second kappa shape index (κ2) is 5.97. The van der Waals surface area contributed by atoms with Crippen LogP contribution in [0.1, 0.15) is 30.2 Å². The Morgan fingerprint density at radius 3 is 3.00 bits per heavy atom. The summed E-state index contributed by atoms with van der Waals surface area (Å²) in [6, 6.07) is 2.34. The monoisotopic (exact) mass is 266 g/mol. The van der Waals surface area contributed by atoms with Crippen LogP contribution in [0.5, 0.6) is 5.88 Å². The lowest BCUT2D eigenvalue weighted by atomic mass is 10.4. The fraction of sp³-hybridized carbons (Fsp3) is 0.500. The Bertz CT molecular complexity index is 492. The number of H-pyrrole nitrogens is 1. The molecule has 0 atom stereocenters. The van der Waals surface area contributed by atoms with E-state index >= 15 is 0 Å². The van der Waals surface area contributed by atoms with Crippen LogP contribution in [-0.4, -0.2) is 21.2 Å². The van der Waals surface area contributed by atoms with Gasteiger partial charge in [-0.25, -0.2) is 4.98 Å². The van der Waals surface area contributed by atoms with Crippen LogP contribution in [-0.2, 0) is 13.2 Å². The molecule has 0 saturated heterocycles. The molecule has 2 aromatic rings. The van der Waals surface area contributed by atoms with Gasteiger partial charge in [0, 0.05) is 29.7 Å². The Labute approximate surface area is 111 Å². The summed E-state index contributed by atoms with van der Waals surface area (Å²) in [6.07, 6.45) is 0. The van der Waals surface area contributed by atoms with Gasteiger partial charge in [0.2, 0.25) is 5.88 Å². The SMILES string of the molecule is Cc1cc(OCc2csc(CNC(C)C)n2)n[nH]1. The highest BCUT2D eigenvalue weighted by molar-refractivity contribution is 7.09. The molecule has 0 aliphatic heterocycles. The molecule has 0 radical (unpaired) electrons. The molecule has 5 nitrogen and oxygen atoms in total. The predicted octanol–water partition coefficient (Wildman–Crippen LogP) is 2.25. The largest absolute Gasteiger partial charge is 0.470 e. The van der Waals surface area contributed by atoms with Crippen molar-refractivity contribution in [1.29, 1.82) is 0 Å². The first-order valence-corrected chi connectivity index (χ1v) is 6.83. The van der Waals surface area contributed by atoms with Crippen LogP contribution in [0.4, 0.5) is 0 Å². The Hall–Kier alpha value is -1.40. The molecule has 0 bridgehead atoms. The quantitative estimate of drug-likeness (QED) is 0.842. The van der Waals surface area contributed by atoms with Crippen LogP contribution in [0.15, 0.2) is 11.4 Å². The topological polar surface area (TPSA) is 62.8 Å². The van der Waals surface area contributed by atoms with Gasteiger partial charge < -0.3 is 10.1 Å². The molecule has 2 heterocycles. The minimum Gasteiger partial charge on any atom is -0.470 e. The maximum absolute atomic E-state index is 5.53. The summed E-state index contributed by atoms with van der Waals surface area (Å²) in [5, 5.41) is 13.3. The van der Waals surface area contributed by atoms with Crippen molar-refractivity contribution in [1.82, 2.24) is 20.5 Å². The van der Waals surface area contributed by atoms with E-state index in [1.54, 1.807) is 11.3 Å². The van der Waals surface area contributed by atoms with Gasteiger partial charge in [0.15, 0.2) is 0 Å². The Balaban J connectivity index is 1.83. The zero-order valence-electron chi connectivity index (χ0n) is 10.9. The fourth-order valence-electron chi connectivity index (χ4n) is 1.40. The first kappa shape index (κ1) is 13.0. The van der Waals surface area contributed by atoms with Gasteiger partial charge in [-0.05, 0) is 6.92 Å². The van der Waals surface area contributed by atoms with Gasteiger partial charge in [-0.1, -0.05) is 13.8 Å². The molecule has 98 valence electrons. The van der Waals surface area contributed by atoms with Crippen LogP contribution < -0.4 is 10.1 Å². The Kier molecular flexibility index (Phi) is 4.33. The average Bonchev–Trinajstić information content (AvgIpc) is 2.93. The number of aryl methyl sites for hydroxylation is 1. The van der Waals surface area contributed by atoms with E-state index in [-0.39, 0.29) is 0 Å². The molecule has 0 aliphatic carbocycles. The number of rotatable bonds is 6. The van der Waals surface area contributed by atoms with E-state index < -0.39 is 0 Å². The molecule has 0 amide bonds. The lowest BCUT2D eigenvalue weighted by Gasteiger charge is -2.04. The van der Waals surface area contributed by atoms with Crippen LogP contribution in [0, 0.1) is 6.92 Å². The minimum atomic E-state index is 0.461. The number of ether oxygens (including phenoxy) is 1. The number of aromatic nitrogens is 3. The molecule has 0 fully saturated rings. The zero-order valence-corrected chi connectivity index (χ0v) is 11.7. The molecular weight excluding hydrogens is 248 g/mol. The summed E-state index contributed by atoms with van der Waals surface area (Å²) < 4.78 is 5.53. The lowest BCUT2D eigenvalue weighted by Crippen LogP contribution is -2.21. The third-order valence-electron chi connectivity index (χ3n) is 2.31. The normalized spacial score (nSPS) is 11.1. The molecule has 2 aromatic heterocycles. The van der Waals surface area contributed by atoms with Crippen molar-refractivity contribution >= 4 is 11.3 Å². The smallest absolute Gasteiger partial charge is 0.233 e. The number of aromatic amines is 1. The lowest BCUT2D eigenvalue weighted by molar-refractivity contribution is 0.289.